The fraction of sp³-hybridized carbons (Fsp3) is 0.0769. The number of halogens is 2. The highest BCUT2D eigenvalue weighted by molar-refractivity contribution is 9.13. The standard InChI is InChI=1S/C13H8Br2O/c14-10-5-6-11-12(13(10)15)9-4-2-1-3-8(9)7-16-11/h1-6H,7H2. The average molecular weight is 340 g/mol. The van der Waals surface area contributed by atoms with Gasteiger partial charge in [-0.1, -0.05) is 24.3 Å². The molecule has 0 aliphatic carbocycles. The molecule has 0 aromatic heterocycles. The van der Waals surface area contributed by atoms with Crippen molar-refractivity contribution in [2.24, 2.45) is 0 Å². The Kier molecular flexibility index (Phi) is 2.52. The van der Waals surface area contributed by atoms with Crippen LogP contribution in [-0.2, 0) is 6.61 Å². The van der Waals surface area contributed by atoms with Crippen molar-refractivity contribution in [3.05, 3.63) is 50.9 Å². The van der Waals surface area contributed by atoms with Gasteiger partial charge in [0.2, 0.25) is 0 Å². The minimum Gasteiger partial charge on any atom is -0.488 e. The summed E-state index contributed by atoms with van der Waals surface area (Å²) in [6.07, 6.45) is 0. The molecular weight excluding hydrogens is 332 g/mol. The van der Waals surface area contributed by atoms with E-state index in [1.165, 1.54) is 11.1 Å². The molecule has 0 N–H and O–H groups in total. The lowest BCUT2D eigenvalue weighted by Gasteiger charge is -2.22. The summed E-state index contributed by atoms with van der Waals surface area (Å²) < 4.78 is 7.84. The van der Waals surface area contributed by atoms with Crippen LogP contribution >= 0.6 is 31.9 Å². The Morgan fingerprint density at radius 3 is 2.69 bits per heavy atom. The molecule has 2 aromatic carbocycles. The van der Waals surface area contributed by atoms with Crippen LogP contribution in [0.1, 0.15) is 5.56 Å². The lowest BCUT2D eigenvalue weighted by atomic mass is 9.97. The Hall–Kier alpha value is -0.800. The maximum Gasteiger partial charge on any atom is 0.128 e. The molecule has 1 aliphatic heterocycles. The molecule has 0 fully saturated rings. The molecule has 1 heterocycles. The van der Waals surface area contributed by atoms with E-state index in [1.54, 1.807) is 0 Å². The maximum absolute atomic E-state index is 5.73. The van der Waals surface area contributed by atoms with Crippen LogP contribution in [0.5, 0.6) is 5.75 Å². The van der Waals surface area contributed by atoms with Crippen LogP contribution in [0.3, 0.4) is 0 Å². The summed E-state index contributed by atoms with van der Waals surface area (Å²) >= 11 is 7.13. The quantitative estimate of drug-likeness (QED) is 0.671. The van der Waals surface area contributed by atoms with Crippen LogP contribution in [0.2, 0.25) is 0 Å². The van der Waals surface area contributed by atoms with Gasteiger partial charge in [0.15, 0.2) is 0 Å². The van der Waals surface area contributed by atoms with Gasteiger partial charge in [-0.3, -0.25) is 0 Å². The molecule has 0 atom stereocenters. The van der Waals surface area contributed by atoms with Crippen molar-refractivity contribution in [1.29, 1.82) is 0 Å². The van der Waals surface area contributed by atoms with Gasteiger partial charge in [0.25, 0.3) is 0 Å². The predicted octanol–water partition coefficient (Wildman–Crippen LogP) is 4.77. The Labute approximate surface area is 111 Å². The zero-order valence-corrected chi connectivity index (χ0v) is 11.5. The van der Waals surface area contributed by atoms with E-state index in [9.17, 15) is 0 Å². The maximum atomic E-state index is 5.73. The largest absolute Gasteiger partial charge is 0.488 e. The number of hydrogen-bond donors (Lipinski definition) is 0. The molecule has 0 saturated carbocycles. The highest BCUT2D eigenvalue weighted by atomic mass is 79.9. The van der Waals surface area contributed by atoms with Crippen LogP contribution in [0.15, 0.2) is 45.3 Å². The fourth-order valence-electron chi connectivity index (χ4n) is 1.95. The van der Waals surface area contributed by atoms with E-state index in [0.717, 1.165) is 20.3 Å². The topological polar surface area (TPSA) is 9.23 Å². The van der Waals surface area contributed by atoms with Crippen molar-refractivity contribution in [3.8, 4) is 16.9 Å². The zero-order valence-electron chi connectivity index (χ0n) is 8.34. The van der Waals surface area contributed by atoms with E-state index in [4.69, 9.17) is 4.74 Å². The highest BCUT2D eigenvalue weighted by Gasteiger charge is 2.20. The molecule has 0 amide bonds. The molecule has 0 bridgehead atoms. The fourth-order valence-corrected chi connectivity index (χ4v) is 2.82. The third kappa shape index (κ3) is 1.50. The average Bonchev–Trinajstić information content (AvgIpc) is 2.33. The van der Waals surface area contributed by atoms with Crippen LogP contribution in [-0.4, -0.2) is 0 Å². The number of benzene rings is 2. The van der Waals surface area contributed by atoms with Crippen LogP contribution in [0.4, 0.5) is 0 Å². The lowest BCUT2D eigenvalue weighted by molar-refractivity contribution is 0.302. The second-order valence-corrected chi connectivity index (χ2v) is 5.33. The summed E-state index contributed by atoms with van der Waals surface area (Å²) in [4.78, 5) is 0. The number of fused-ring (bicyclic) bond motifs is 3. The smallest absolute Gasteiger partial charge is 0.128 e. The van der Waals surface area contributed by atoms with Crippen LogP contribution in [0.25, 0.3) is 11.1 Å². The van der Waals surface area contributed by atoms with Gasteiger partial charge in [-0.2, -0.15) is 0 Å². The minimum absolute atomic E-state index is 0.650. The monoisotopic (exact) mass is 338 g/mol. The van der Waals surface area contributed by atoms with Crippen molar-refractivity contribution in [1.82, 2.24) is 0 Å². The van der Waals surface area contributed by atoms with E-state index in [-0.39, 0.29) is 0 Å². The van der Waals surface area contributed by atoms with Gasteiger partial charge in [0.1, 0.15) is 12.4 Å². The molecule has 16 heavy (non-hydrogen) atoms. The molecule has 0 radical (unpaired) electrons. The lowest BCUT2D eigenvalue weighted by Crippen LogP contribution is -2.05. The van der Waals surface area contributed by atoms with Gasteiger partial charge in [-0.25, -0.2) is 0 Å². The third-order valence-corrected chi connectivity index (χ3v) is 4.74. The first-order valence-electron chi connectivity index (χ1n) is 4.96. The van der Waals surface area contributed by atoms with E-state index < -0.39 is 0 Å². The first-order valence-corrected chi connectivity index (χ1v) is 6.55. The van der Waals surface area contributed by atoms with Gasteiger partial charge < -0.3 is 4.74 Å². The second-order valence-electron chi connectivity index (χ2n) is 3.68. The van der Waals surface area contributed by atoms with E-state index in [0.29, 0.717) is 6.61 Å². The van der Waals surface area contributed by atoms with E-state index >= 15 is 0 Å². The molecule has 0 spiro atoms. The van der Waals surface area contributed by atoms with Crippen molar-refractivity contribution in [2.45, 2.75) is 6.61 Å². The summed E-state index contributed by atoms with van der Waals surface area (Å²) in [5.41, 5.74) is 3.61. The van der Waals surface area contributed by atoms with Crippen molar-refractivity contribution in [3.63, 3.8) is 0 Å². The van der Waals surface area contributed by atoms with Crippen molar-refractivity contribution >= 4 is 31.9 Å². The van der Waals surface area contributed by atoms with Crippen molar-refractivity contribution < 1.29 is 4.74 Å². The molecule has 80 valence electrons. The Morgan fingerprint density at radius 2 is 1.81 bits per heavy atom. The summed E-state index contributed by atoms with van der Waals surface area (Å²) in [5, 5.41) is 0. The van der Waals surface area contributed by atoms with Gasteiger partial charge in [-0.15, -0.1) is 0 Å². The molecule has 0 unspecified atom stereocenters. The Balaban J connectivity index is 2.34. The Bertz CT molecular complexity index is 564. The van der Waals surface area contributed by atoms with Gasteiger partial charge in [0, 0.05) is 14.5 Å². The first-order chi connectivity index (χ1) is 7.77. The van der Waals surface area contributed by atoms with Crippen LogP contribution < -0.4 is 4.74 Å². The van der Waals surface area contributed by atoms with Crippen molar-refractivity contribution in [2.75, 3.05) is 0 Å². The Morgan fingerprint density at radius 1 is 1.00 bits per heavy atom. The summed E-state index contributed by atoms with van der Waals surface area (Å²) in [7, 11) is 0. The molecular formula is C13H8Br2O. The summed E-state index contributed by atoms with van der Waals surface area (Å²) in [5.74, 6) is 0.939. The highest BCUT2D eigenvalue weighted by Crippen LogP contribution is 2.44. The molecule has 0 saturated heterocycles. The molecule has 1 nitrogen and oxygen atoms in total. The van der Waals surface area contributed by atoms with Crippen LogP contribution in [0, 0.1) is 0 Å². The molecule has 3 rings (SSSR count). The van der Waals surface area contributed by atoms with E-state index in [1.807, 2.05) is 18.2 Å². The van der Waals surface area contributed by atoms with E-state index in [2.05, 4.69) is 50.1 Å². The summed E-state index contributed by atoms with van der Waals surface area (Å²) in [6, 6.07) is 12.3. The first kappa shape index (κ1) is 10.4. The van der Waals surface area contributed by atoms with Gasteiger partial charge >= 0.3 is 0 Å². The summed E-state index contributed by atoms with van der Waals surface area (Å²) in [6.45, 7) is 0.650. The SMILES string of the molecule is Brc1ccc2c(c1Br)-c1ccccc1CO2. The predicted molar refractivity (Wildman–Crippen MR) is 71.6 cm³/mol. The molecule has 2 aromatic rings. The number of hydrogen-bond acceptors (Lipinski definition) is 1. The third-order valence-electron chi connectivity index (χ3n) is 2.73. The number of ether oxygens (including phenoxy) is 1. The zero-order chi connectivity index (χ0) is 11.1. The van der Waals surface area contributed by atoms with Gasteiger partial charge in [0.05, 0.1) is 0 Å². The second kappa shape index (κ2) is 3.90. The normalized spacial score (nSPS) is 12.6. The molecule has 1 aliphatic rings. The minimum atomic E-state index is 0.650. The number of rotatable bonds is 0. The molecule has 3 heteroatoms. The van der Waals surface area contributed by atoms with Gasteiger partial charge in [-0.05, 0) is 55.1 Å².